The first-order valence-electron chi connectivity index (χ1n) is 7.58. The van der Waals surface area contributed by atoms with Gasteiger partial charge in [-0.3, -0.25) is 4.79 Å². The molecule has 2 aromatic carbocycles. The zero-order valence-electron chi connectivity index (χ0n) is 13.0. The van der Waals surface area contributed by atoms with Crippen LogP contribution in [0.15, 0.2) is 42.5 Å². The predicted octanol–water partition coefficient (Wildman–Crippen LogP) is 2.68. The SMILES string of the molecule is Cc1ccc(C(N)=O)cc1NC(=O)N1CCc2ccccc2C1. The minimum Gasteiger partial charge on any atom is -0.366 e. The Morgan fingerprint density at radius 1 is 1.13 bits per heavy atom. The summed E-state index contributed by atoms with van der Waals surface area (Å²) in [6.45, 7) is 3.15. The van der Waals surface area contributed by atoms with Crippen LogP contribution in [0, 0.1) is 6.92 Å². The molecule has 0 unspecified atom stereocenters. The standard InChI is InChI=1S/C18H19N3O2/c1-12-6-7-14(17(19)22)10-16(12)20-18(23)21-9-8-13-4-2-3-5-15(13)11-21/h2-7,10H,8-9,11H2,1H3,(H2,19,22)(H,20,23). The van der Waals surface area contributed by atoms with Gasteiger partial charge in [0.05, 0.1) is 0 Å². The highest BCUT2D eigenvalue weighted by atomic mass is 16.2. The lowest BCUT2D eigenvalue weighted by Gasteiger charge is -2.29. The van der Waals surface area contributed by atoms with E-state index in [0.29, 0.717) is 24.3 Å². The molecule has 1 aliphatic rings. The lowest BCUT2D eigenvalue weighted by Crippen LogP contribution is -2.39. The monoisotopic (exact) mass is 309 g/mol. The van der Waals surface area contributed by atoms with Crippen molar-refractivity contribution in [2.75, 3.05) is 11.9 Å². The molecule has 2 aromatic rings. The number of rotatable bonds is 2. The molecule has 0 atom stereocenters. The molecule has 23 heavy (non-hydrogen) atoms. The van der Waals surface area contributed by atoms with E-state index in [9.17, 15) is 9.59 Å². The van der Waals surface area contributed by atoms with Gasteiger partial charge in [-0.1, -0.05) is 30.3 Å². The van der Waals surface area contributed by atoms with Crippen LogP contribution in [-0.2, 0) is 13.0 Å². The van der Waals surface area contributed by atoms with Crippen LogP contribution in [0.5, 0.6) is 0 Å². The van der Waals surface area contributed by atoms with Crippen LogP contribution < -0.4 is 11.1 Å². The smallest absolute Gasteiger partial charge is 0.322 e. The molecule has 5 nitrogen and oxygen atoms in total. The molecule has 5 heteroatoms. The highest BCUT2D eigenvalue weighted by Crippen LogP contribution is 2.21. The van der Waals surface area contributed by atoms with Gasteiger partial charge in [0.2, 0.25) is 5.91 Å². The van der Waals surface area contributed by atoms with Gasteiger partial charge in [0.1, 0.15) is 0 Å². The Kier molecular flexibility index (Phi) is 4.02. The lowest BCUT2D eigenvalue weighted by atomic mass is 10.0. The Morgan fingerprint density at radius 2 is 1.87 bits per heavy atom. The van der Waals surface area contributed by atoms with Gasteiger partial charge in [-0.25, -0.2) is 4.79 Å². The molecule has 0 bridgehead atoms. The largest absolute Gasteiger partial charge is 0.366 e. The fourth-order valence-corrected chi connectivity index (χ4v) is 2.77. The molecule has 0 radical (unpaired) electrons. The molecule has 0 fully saturated rings. The van der Waals surface area contributed by atoms with Crippen molar-refractivity contribution >= 4 is 17.6 Å². The third-order valence-corrected chi connectivity index (χ3v) is 4.18. The van der Waals surface area contributed by atoms with Crippen LogP contribution in [0.4, 0.5) is 10.5 Å². The van der Waals surface area contributed by atoms with Crippen LogP contribution in [0.1, 0.15) is 27.0 Å². The number of nitrogens with two attached hydrogens (primary N) is 1. The summed E-state index contributed by atoms with van der Waals surface area (Å²) in [6.07, 6.45) is 0.851. The molecule has 0 aromatic heterocycles. The van der Waals surface area contributed by atoms with Crippen molar-refractivity contribution in [3.05, 3.63) is 64.7 Å². The van der Waals surface area contributed by atoms with Crippen molar-refractivity contribution in [3.8, 4) is 0 Å². The number of aryl methyl sites for hydroxylation is 1. The van der Waals surface area contributed by atoms with Gasteiger partial charge in [0.25, 0.3) is 0 Å². The van der Waals surface area contributed by atoms with Gasteiger partial charge in [-0.2, -0.15) is 0 Å². The van der Waals surface area contributed by atoms with E-state index in [4.69, 9.17) is 5.73 Å². The van der Waals surface area contributed by atoms with Crippen LogP contribution in [0.3, 0.4) is 0 Å². The van der Waals surface area contributed by atoms with E-state index in [2.05, 4.69) is 11.4 Å². The molecule has 0 saturated heterocycles. The Labute approximate surface area is 135 Å². The number of urea groups is 1. The summed E-state index contributed by atoms with van der Waals surface area (Å²) in [4.78, 5) is 25.6. The summed E-state index contributed by atoms with van der Waals surface area (Å²) in [5.74, 6) is -0.507. The Hall–Kier alpha value is -2.82. The molecular weight excluding hydrogens is 290 g/mol. The van der Waals surface area contributed by atoms with Gasteiger partial charge in [-0.05, 0) is 42.2 Å². The maximum atomic E-state index is 12.5. The third-order valence-electron chi connectivity index (χ3n) is 4.18. The molecule has 1 aliphatic heterocycles. The third kappa shape index (κ3) is 3.18. The van der Waals surface area contributed by atoms with Crippen molar-refractivity contribution in [1.29, 1.82) is 0 Å². The van der Waals surface area contributed by atoms with Crippen molar-refractivity contribution in [3.63, 3.8) is 0 Å². The van der Waals surface area contributed by atoms with Crippen molar-refractivity contribution in [2.24, 2.45) is 5.73 Å². The quantitative estimate of drug-likeness (QED) is 0.895. The zero-order valence-corrected chi connectivity index (χ0v) is 13.0. The predicted molar refractivity (Wildman–Crippen MR) is 89.3 cm³/mol. The number of carbonyl (C=O) groups is 2. The summed E-state index contributed by atoms with van der Waals surface area (Å²) in [5, 5.41) is 2.89. The molecule has 3 amide bonds. The second-order valence-electron chi connectivity index (χ2n) is 5.76. The highest BCUT2D eigenvalue weighted by molar-refractivity contribution is 5.96. The number of nitrogens with zero attached hydrogens (tertiary/aromatic N) is 1. The van der Waals surface area contributed by atoms with Crippen LogP contribution in [0.25, 0.3) is 0 Å². The topological polar surface area (TPSA) is 75.4 Å². The zero-order chi connectivity index (χ0) is 16.4. The number of amides is 3. The number of nitrogens with one attached hydrogen (secondary N) is 1. The van der Waals surface area contributed by atoms with Gasteiger partial charge in [0, 0.05) is 24.3 Å². The number of hydrogen-bond acceptors (Lipinski definition) is 2. The number of primary amides is 1. The van der Waals surface area contributed by atoms with E-state index in [1.165, 1.54) is 11.1 Å². The van der Waals surface area contributed by atoms with Gasteiger partial charge < -0.3 is 16.0 Å². The average molecular weight is 309 g/mol. The maximum absolute atomic E-state index is 12.5. The molecule has 1 heterocycles. The summed E-state index contributed by atoms with van der Waals surface area (Å²) in [5.41, 5.74) is 9.66. The van der Waals surface area contributed by atoms with E-state index >= 15 is 0 Å². The molecular formula is C18H19N3O2. The number of carbonyl (C=O) groups excluding carboxylic acids is 2. The minimum absolute atomic E-state index is 0.163. The number of benzene rings is 2. The Morgan fingerprint density at radius 3 is 2.61 bits per heavy atom. The number of anilines is 1. The minimum atomic E-state index is -0.507. The lowest BCUT2D eigenvalue weighted by molar-refractivity contribution is 0.1000. The van der Waals surface area contributed by atoms with Crippen molar-refractivity contribution < 1.29 is 9.59 Å². The summed E-state index contributed by atoms with van der Waals surface area (Å²) in [6, 6.07) is 13.1. The number of fused-ring (bicyclic) bond motifs is 1. The van der Waals surface area contributed by atoms with E-state index < -0.39 is 5.91 Å². The summed E-state index contributed by atoms with van der Waals surface area (Å²) in [7, 11) is 0. The van der Waals surface area contributed by atoms with Crippen LogP contribution >= 0.6 is 0 Å². The van der Waals surface area contributed by atoms with Gasteiger partial charge >= 0.3 is 6.03 Å². The Bertz CT molecular complexity index is 771. The average Bonchev–Trinajstić information content (AvgIpc) is 2.56. The fourth-order valence-electron chi connectivity index (χ4n) is 2.77. The maximum Gasteiger partial charge on any atom is 0.322 e. The van der Waals surface area contributed by atoms with Crippen LogP contribution in [0.2, 0.25) is 0 Å². The molecule has 0 spiro atoms. The molecule has 118 valence electrons. The highest BCUT2D eigenvalue weighted by Gasteiger charge is 2.20. The first-order valence-corrected chi connectivity index (χ1v) is 7.58. The first-order chi connectivity index (χ1) is 11.0. The second kappa shape index (κ2) is 6.12. The van der Waals surface area contributed by atoms with Crippen molar-refractivity contribution in [1.82, 2.24) is 4.90 Å². The van der Waals surface area contributed by atoms with Crippen LogP contribution in [-0.4, -0.2) is 23.4 Å². The molecule has 3 N–H and O–H groups in total. The van der Waals surface area contributed by atoms with E-state index in [1.807, 2.05) is 25.1 Å². The van der Waals surface area contributed by atoms with Gasteiger partial charge in [-0.15, -0.1) is 0 Å². The second-order valence-corrected chi connectivity index (χ2v) is 5.76. The van der Waals surface area contributed by atoms with E-state index in [0.717, 1.165) is 12.0 Å². The normalized spacial score (nSPS) is 13.3. The molecule has 3 rings (SSSR count). The number of hydrogen-bond donors (Lipinski definition) is 2. The molecule has 0 aliphatic carbocycles. The van der Waals surface area contributed by atoms with E-state index in [-0.39, 0.29) is 6.03 Å². The fraction of sp³-hybridized carbons (Fsp3) is 0.222. The Balaban J connectivity index is 1.75. The summed E-state index contributed by atoms with van der Waals surface area (Å²) < 4.78 is 0. The van der Waals surface area contributed by atoms with E-state index in [1.54, 1.807) is 23.1 Å². The van der Waals surface area contributed by atoms with Crippen molar-refractivity contribution in [2.45, 2.75) is 19.9 Å². The first kappa shape index (κ1) is 15.1. The summed E-state index contributed by atoms with van der Waals surface area (Å²) >= 11 is 0. The molecule has 0 saturated carbocycles. The van der Waals surface area contributed by atoms with Gasteiger partial charge in [0.15, 0.2) is 0 Å².